The zero-order valence-electron chi connectivity index (χ0n) is 13.0. The van der Waals surface area contributed by atoms with Crippen LogP contribution in [0.3, 0.4) is 0 Å². The Morgan fingerprint density at radius 1 is 1.12 bits per heavy atom. The van der Waals surface area contributed by atoms with Crippen LogP contribution in [0, 0.1) is 3.57 Å². The molecule has 4 aromatic rings. The van der Waals surface area contributed by atoms with Crippen LogP contribution in [-0.4, -0.2) is 25.1 Å². The number of benzene rings is 1. The molecule has 0 unspecified atom stereocenters. The minimum atomic E-state index is 0.480. The lowest BCUT2D eigenvalue weighted by Crippen LogP contribution is -1.93. The summed E-state index contributed by atoms with van der Waals surface area (Å²) in [7, 11) is 0. The lowest BCUT2D eigenvalue weighted by molar-refractivity contribution is 1.08. The Kier molecular flexibility index (Phi) is 4.45. The zero-order chi connectivity index (χ0) is 17.2. The summed E-state index contributed by atoms with van der Waals surface area (Å²) in [5.41, 5.74) is 8.93. The molecule has 0 bridgehead atoms. The summed E-state index contributed by atoms with van der Waals surface area (Å²) in [6, 6.07) is 12.2. The van der Waals surface area contributed by atoms with Crippen LogP contribution in [0.1, 0.15) is 11.3 Å². The highest BCUT2D eigenvalue weighted by molar-refractivity contribution is 14.1. The van der Waals surface area contributed by atoms with Crippen molar-refractivity contribution in [3.63, 3.8) is 0 Å². The fourth-order valence-corrected chi connectivity index (χ4v) is 3.86. The van der Waals surface area contributed by atoms with Crippen LogP contribution in [0.25, 0.3) is 21.3 Å². The smallest absolute Gasteiger partial charge is 0.167 e. The first-order chi connectivity index (χ1) is 12.2. The largest absolute Gasteiger partial charge is 0.384 e. The fraction of sp³-hybridized carbons (Fsp3) is 0.0588. The third-order valence-corrected chi connectivity index (χ3v) is 5.51. The number of hydrogen-bond donors (Lipinski definition) is 2. The predicted molar refractivity (Wildman–Crippen MR) is 107 cm³/mol. The number of nitrogens with two attached hydrogens (primary N) is 1. The summed E-state index contributed by atoms with van der Waals surface area (Å²) < 4.78 is 1.21. The molecule has 0 radical (unpaired) electrons. The van der Waals surface area contributed by atoms with Gasteiger partial charge in [-0.2, -0.15) is 5.10 Å². The van der Waals surface area contributed by atoms with E-state index in [4.69, 9.17) is 10.7 Å². The van der Waals surface area contributed by atoms with Gasteiger partial charge in [-0.15, -0.1) is 11.3 Å². The summed E-state index contributed by atoms with van der Waals surface area (Å²) in [6.07, 6.45) is 3.93. The van der Waals surface area contributed by atoms with Crippen LogP contribution in [0.5, 0.6) is 0 Å². The van der Waals surface area contributed by atoms with Gasteiger partial charge in [0.25, 0.3) is 0 Å². The number of aromatic nitrogens is 5. The first-order valence-electron chi connectivity index (χ1n) is 7.51. The Morgan fingerprint density at radius 2 is 1.96 bits per heavy atom. The van der Waals surface area contributed by atoms with Crippen molar-refractivity contribution in [2.24, 2.45) is 0 Å². The molecule has 0 amide bonds. The number of rotatable bonds is 4. The SMILES string of the molecule is Nc1cc(-c2nc(Cc3ccc(I)cc3)c(-c3ncn[nH]3)s2)ccn1. The Balaban J connectivity index is 1.77. The maximum Gasteiger partial charge on any atom is 0.167 e. The Morgan fingerprint density at radius 3 is 2.68 bits per heavy atom. The molecule has 0 fully saturated rings. The van der Waals surface area contributed by atoms with Crippen LogP contribution in [0.15, 0.2) is 48.9 Å². The average molecular weight is 460 g/mol. The number of nitrogens with one attached hydrogen (secondary N) is 1. The van der Waals surface area contributed by atoms with Gasteiger partial charge in [-0.05, 0) is 52.4 Å². The van der Waals surface area contributed by atoms with Gasteiger partial charge in [-0.3, -0.25) is 5.10 Å². The van der Waals surface area contributed by atoms with Crippen LogP contribution in [0.4, 0.5) is 5.82 Å². The molecule has 3 heterocycles. The second-order valence-electron chi connectivity index (χ2n) is 5.40. The van der Waals surface area contributed by atoms with Crippen molar-refractivity contribution in [1.82, 2.24) is 25.1 Å². The normalized spacial score (nSPS) is 10.9. The second-order valence-corrected chi connectivity index (χ2v) is 7.65. The fourth-order valence-electron chi connectivity index (χ4n) is 2.47. The predicted octanol–water partition coefficient (Wildman–Crippen LogP) is 3.77. The molecular weight excluding hydrogens is 447 g/mol. The van der Waals surface area contributed by atoms with E-state index in [-0.39, 0.29) is 0 Å². The van der Waals surface area contributed by atoms with E-state index in [0.29, 0.717) is 5.82 Å². The highest BCUT2D eigenvalue weighted by Gasteiger charge is 2.17. The maximum atomic E-state index is 5.81. The van der Waals surface area contributed by atoms with E-state index in [1.807, 2.05) is 12.1 Å². The van der Waals surface area contributed by atoms with Crippen LogP contribution < -0.4 is 5.73 Å². The summed E-state index contributed by atoms with van der Waals surface area (Å²) in [5, 5.41) is 7.79. The van der Waals surface area contributed by atoms with Crippen LogP contribution in [0.2, 0.25) is 0 Å². The zero-order valence-corrected chi connectivity index (χ0v) is 16.0. The quantitative estimate of drug-likeness (QED) is 0.453. The Labute approximate surface area is 161 Å². The Bertz CT molecular complexity index is 994. The summed E-state index contributed by atoms with van der Waals surface area (Å²) >= 11 is 3.87. The third kappa shape index (κ3) is 3.54. The first-order valence-corrected chi connectivity index (χ1v) is 9.40. The van der Waals surface area contributed by atoms with E-state index in [9.17, 15) is 0 Å². The number of nitrogens with zero attached hydrogens (tertiary/aromatic N) is 4. The van der Waals surface area contributed by atoms with Crippen molar-refractivity contribution in [3.05, 3.63) is 63.7 Å². The minimum Gasteiger partial charge on any atom is -0.384 e. The Hall–Kier alpha value is -2.33. The van der Waals surface area contributed by atoms with Gasteiger partial charge in [0.15, 0.2) is 5.82 Å². The molecule has 6 nitrogen and oxygen atoms in total. The maximum absolute atomic E-state index is 5.81. The lowest BCUT2D eigenvalue weighted by atomic mass is 10.1. The van der Waals surface area contributed by atoms with Gasteiger partial charge in [0.2, 0.25) is 0 Å². The molecule has 25 heavy (non-hydrogen) atoms. The van der Waals surface area contributed by atoms with Gasteiger partial charge < -0.3 is 5.73 Å². The highest BCUT2D eigenvalue weighted by atomic mass is 127. The molecule has 124 valence electrons. The second kappa shape index (κ2) is 6.89. The lowest BCUT2D eigenvalue weighted by Gasteiger charge is -2.01. The first kappa shape index (κ1) is 16.2. The molecule has 0 aliphatic rings. The molecule has 0 aliphatic carbocycles. The molecule has 0 saturated heterocycles. The minimum absolute atomic E-state index is 0.480. The summed E-state index contributed by atoms with van der Waals surface area (Å²) in [6.45, 7) is 0. The molecule has 0 aliphatic heterocycles. The van der Waals surface area contributed by atoms with Crippen molar-refractivity contribution < 1.29 is 0 Å². The van der Waals surface area contributed by atoms with Gasteiger partial charge in [0, 0.05) is 21.8 Å². The van der Waals surface area contributed by atoms with Crippen molar-refractivity contribution in [2.45, 2.75) is 6.42 Å². The topological polar surface area (TPSA) is 93.4 Å². The number of nitrogen functional groups attached to an aromatic ring is 1. The van der Waals surface area contributed by atoms with Crippen molar-refractivity contribution in [1.29, 1.82) is 0 Å². The van der Waals surface area contributed by atoms with Crippen molar-refractivity contribution >= 4 is 39.7 Å². The van der Waals surface area contributed by atoms with Gasteiger partial charge in [0.1, 0.15) is 17.2 Å². The number of thiazole rings is 1. The van der Waals surface area contributed by atoms with E-state index in [0.717, 1.165) is 33.4 Å². The molecule has 4 rings (SSSR count). The monoisotopic (exact) mass is 460 g/mol. The molecule has 8 heteroatoms. The van der Waals surface area contributed by atoms with Crippen molar-refractivity contribution in [2.75, 3.05) is 5.73 Å². The number of hydrogen-bond acceptors (Lipinski definition) is 6. The van der Waals surface area contributed by atoms with E-state index in [1.165, 1.54) is 15.5 Å². The number of pyridine rings is 1. The molecule has 3 aromatic heterocycles. The number of aromatic amines is 1. The van der Waals surface area contributed by atoms with Gasteiger partial charge in [-0.1, -0.05) is 12.1 Å². The molecule has 3 N–H and O–H groups in total. The highest BCUT2D eigenvalue weighted by Crippen LogP contribution is 2.35. The van der Waals surface area contributed by atoms with Crippen LogP contribution in [-0.2, 0) is 6.42 Å². The van der Waals surface area contributed by atoms with E-state index in [2.05, 4.69) is 67.0 Å². The van der Waals surface area contributed by atoms with Gasteiger partial charge in [-0.25, -0.2) is 15.0 Å². The molecule has 0 saturated carbocycles. The van der Waals surface area contributed by atoms with Crippen LogP contribution >= 0.6 is 33.9 Å². The number of H-pyrrole nitrogens is 1. The molecular formula is C17H13IN6S. The summed E-state index contributed by atoms with van der Waals surface area (Å²) in [5.74, 6) is 1.21. The van der Waals surface area contributed by atoms with Gasteiger partial charge in [0.05, 0.1) is 10.6 Å². The molecule has 0 spiro atoms. The molecule has 1 aromatic carbocycles. The number of anilines is 1. The third-order valence-electron chi connectivity index (χ3n) is 3.64. The standard InChI is InChI=1S/C17H13IN6S/c18-12-3-1-10(2-4-12)7-13-15(16-21-9-22-24-16)25-17(23-13)11-5-6-20-14(19)8-11/h1-6,8-9H,7H2,(H2,19,20)(H,21,22,24). The summed E-state index contributed by atoms with van der Waals surface area (Å²) in [4.78, 5) is 14.2. The van der Waals surface area contributed by atoms with E-state index in [1.54, 1.807) is 17.5 Å². The average Bonchev–Trinajstić information content (AvgIpc) is 3.26. The van der Waals surface area contributed by atoms with Gasteiger partial charge >= 0.3 is 0 Å². The van der Waals surface area contributed by atoms with E-state index < -0.39 is 0 Å². The van der Waals surface area contributed by atoms with Crippen molar-refractivity contribution in [3.8, 4) is 21.3 Å². The van der Waals surface area contributed by atoms with E-state index >= 15 is 0 Å². The molecule has 0 atom stereocenters. The number of halogens is 1.